The summed E-state index contributed by atoms with van der Waals surface area (Å²) in [6, 6.07) is 0. The molecule has 0 aliphatic carbocycles. The number of carbonyl (C=O) groups excluding carboxylic acids is 3. The van der Waals surface area contributed by atoms with Crippen LogP contribution in [0, 0.1) is 0 Å². The largest absolute Gasteiger partial charge is 0.462 e. The zero-order valence-electron chi connectivity index (χ0n) is 47.7. The van der Waals surface area contributed by atoms with E-state index < -0.39 is 6.10 Å². The molecule has 0 aromatic rings. The Morgan fingerprint density at radius 1 is 0.292 bits per heavy atom. The summed E-state index contributed by atoms with van der Waals surface area (Å²) in [6.45, 7) is 6.52. The summed E-state index contributed by atoms with van der Waals surface area (Å²) in [7, 11) is 0. The molecular formula is C66H116O6. The molecule has 0 aromatic carbocycles. The highest BCUT2D eigenvalue weighted by molar-refractivity contribution is 5.71. The molecule has 0 fully saturated rings. The standard InChI is InChI=1S/C66H116O6/c1-4-7-10-13-16-19-22-25-28-30-31-32-33-34-35-36-39-41-44-47-50-53-56-59-65(68)71-62-63(61-70-64(67)58-55-52-49-46-43-40-37-27-24-21-18-15-12-9-6-3)72-66(69)60-57-54-51-48-45-42-38-29-26-23-20-17-14-11-8-5-2/h7,10,16,18-19,21,25,27-28,31-32,37,63H,4-6,8-9,11-15,17,20,22-24,26,29-30,33-36,38-62H2,1-3H3/b10-7-,19-16-,21-18-,28-25-,32-31-,37-27-. The third-order valence-electron chi connectivity index (χ3n) is 13.4. The molecule has 0 rings (SSSR count). The van der Waals surface area contributed by atoms with Crippen LogP contribution in [0.15, 0.2) is 72.9 Å². The Morgan fingerprint density at radius 3 is 0.875 bits per heavy atom. The molecule has 0 radical (unpaired) electrons. The lowest BCUT2D eigenvalue weighted by molar-refractivity contribution is -0.167. The predicted molar refractivity (Wildman–Crippen MR) is 311 cm³/mol. The Hall–Kier alpha value is -3.15. The minimum Gasteiger partial charge on any atom is -0.462 e. The molecule has 0 N–H and O–H groups in total. The SMILES string of the molecule is CC/C=C\C/C=C\C/C=C\C/C=C\CCCCCCCCCCCCC(=O)OCC(COC(=O)CCCCCCC/C=C\C/C=C\CCCCC)OC(=O)CCCCCCCCCCCCCCCCCC. The lowest BCUT2D eigenvalue weighted by atomic mass is 10.0. The number of unbranched alkanes of at least 4 members (excludes halogenated alkanes) is 33. The number of rotatable bonds is 56. The first-order valence-corrected chi connectivity index (χ1v) is 30.9. The van der Waals surface area contributed by atoms with E-state index in [-0.39, 0.29) is 31.1 Å². The molecule has 0 heterocycles. The molecule has 0 aromatic heterocycles. The monoisotopic (exact) mass is 1000 g/mol. The Labute approximate surface area is 446 Å². The van der Waals surface area contributed by atoms with Crippen LogP contribution in [0.5, 0.6) is 0 Å². The van der Waals surface area contributed by atoms with Crippen LogP contribution in [0.1, 0.15) is 310 Å². The van der Waals surface area contributed by atoms with Crippen molar-refractivity contribution >= 4 is 17.9 Å². The van der Waals surface area contributed by atoms with E-state index in [1.807, 2.05) is 0 Å². The second-order valence-electron chi connectivity index (χ2n) is 20.6. The van der Waals surface area contributed by atoms with Crippen molar-refractivity contribution in [2.24, 2.45) is 0 Å². The van der Waals surface area contributed by atoms with Gasteiger partial charge in [0.2, 0.25) is 0 Å². The highest BCUT2D eigenvalue weighted by Crippen LogP contribution is 2.17. The van der Waals surface area contributed by atoms with E-state index in [4.69, 9.17) is 14.2 Å². The fourth-order valence-corrected chi connectivity index (χ4v) is 8.82. The Bertz CT molecular complexity index is 1340. The van der Waals surface area contributed by atoms with Gasteiger partial charge in [0, 0.05) is 19.3 Å². The van der Waals surface area contributed by atoms with Crippen molar-refractivity contribution in [2.45, 2.75) is 316 Å². The summed E-state index contributed by atoms with van der Waals surface area (Å²) in [5.41, 5.74) is 0. The van der Waals surface area contributed by atoms with E-state index in [1.165, 1.54) is 167 Å². The van der Waals surface area contributed by atoms with Crippen LogP contribution in [-0.2, 0) is 28.6 Å². The molecule has 0 saturated carbocycles. The summed E-state index contributed by atoms with van der Waals surface area (Å²) < 4.78 is 16.9. The summed E-state index contributed by atoms with van der Waals surface area (Å²) >= 11 is 0. The van der Waals surface area contributed by atoms with E-state index in [0.717, 1.165) is 103 Å². The first kappa shape index (κ1) is 68.8. The maximum atomic E-state index is 12.9. The number of carbonyl (C=O) groups is 3. The van der Waals surface area contributed by atoms with Crippen molar-refractivity contribution in [2.75, 3.05) is 13.2 Å². The summed E-state index contributed by atoms with van der Waals surface area (Å²) in [5, 5.41) is 0. The molecule has 0 bridgehead atoms. The van der Waals surface area contributed by atoms with Crippen LogP contribution in [0.2, 0.25) is 0 Å². The van der Waals surface area contributed by atoms with Crippen LogP contribution in [0.3, 0.4) is 0 Å². The van der Waals surface area contributed by atoms with Crippen molar-refractivity contribution in [3.63, 3.8) is 0 Å². The fraction of sp³-hybridized carbons (Fsp3) is 0.773. The second kappa shape index (κ2) is 60.4. The van der Waals surface area contributed by atoms with Crippen LogP contribution in [0.25, 0.3) is 0 Å². The van der Waals surface area contributed by atoms with Gasteiger partial charge in [-0.05, 0) is 89.9 Å². The molecular weight excluding hydrogens is 889 g/mol. The molecule has 416 valence electrons. The molecule has 1 atom stereocenters. The van der Waals surface area contributed by atoms with E-state index in [9.17, 15) is 14.4 Å². The first-order chi connectivity index (χ1) is 35.5. The summed E-state index contributed by atoms with van der Waals surface area (Å²) in [6.07, 6.45) is 77.5. The Morgan fingerprint density at radius 2 is 0.542 bits per heavy atom. The Kier molecular flexibility index (Phi) is 57.8. The molecule has 72 heavy (non-hydrogen) atoms. The van der Waals surface area contributed by atoms with Crippen molar-refractivity contribution in [1.82, 2.24) is 0 Å². The van der Waals surface area contributed by atoms with Gasteiger partial charge in [-0.1, -0.05) is 273 Å². The quantitative estimate of drug-likeness (QED) is 0.0261. The van der Waals surface area contributed by atoms with Crippen LogP contribution < -0.4 is 0 Å². The molecule has 0 aliphatic heterocycles. The van der Waals surface area contributed by atoms with Gasteiger partial charge in [-0.15, -0.1) is 0 Å². The number of ether oxygens (including phenoxy) is 3. The number of allylic oxidation sites excluding steroid dienone is 12. The van der Waals surface area contributed by atoms with E-state index in [1.54, 1.807) is 0 Å². The second-order valence-corrected chi connectivity index (χ2v) is 20.6. The van der Waals surface area contributed by atoms with Gasteiger partial charge in [-0.2, -0.15) is 0 Å². The molecule has 6 nitrogen and oxygen atoms in total. The summed E-state index contributed by atoms with van der Waals surface area (Å²) in [4.78, 5) is 38.3. The van der Waals surface area contributed by atoms with Crippen molar-refractivity contribution < 1.29 is 28.6 Å². The third-order valence-corrected chi connectivity index (χ3v) is 13.4. The first-order valence-electron chi connectivity index (χ1n) is 30.9. The molecule has 0 aliphatic rings. The minimum absolute atomic E-state index is 0.0794. The smallest absolute Gasteiger partial charge is 0.306 e. The van der Waals surface area contributed by atoms with Gasteiger partial charge in [-0.25, -0.2) is 0 Å². The highest BCUT2D eigenvalue weighted by atomic mass is 16.6. The van der Waals surface area contributed by atoms with E-state index in [0.29, 0.717) is 19.3 Å². The Balaban J connectivity index is 4.34. The fourth-order valence-electron chi connectivity index (χ4n) is 8.82. The maximum Gasteiger partial charge on any atom is 0.306 e. The number of hydrogen-bond donors (Lipinski definition) is 0. The predicted octanol–water partition coefficient (Wildman–Crippen LogP) is 20.9. The molecule has 0 saturated heterocycles. The van der Waals surface area contributed by atoms with Gasteiger partial charge in [0.1, 0.15) is 13.2 Å². The van der Waals surface area contributed by atoms with Gasteiger partial charge < -0.3 is 14.2 Å². The molecule has 0 amide bonds. The van der Waals surface area contributed by atoms with Gasteiger partial charge in [-0.3, -0.25) is 14.4 Å². The van der Waals surface area contributed by atoms with E-state index >= 15 is 0 Å². The van der Waals surface area contributed by atoms with Crippen molar-refractivity contribution in [3.05, 3.63) is 72.9 Å². The van der Waals surface area contributed by atoms with Crippen molar-refractivity contribution in [1.29, 1.82) is 0 Å². The van der Waals surface area contributed by atoms with Gasteiger partial charge in [0.05, 0.1) is 0 Å². The molecule has 1 unspecified atom stereocenters. The number of esters is 3. The average molecular weight is 1010 g/mol. The van der Waals surface area contributed by atoms with E-state index in [2.05, 4.69) is 93.7 Å². The average Bonchev–Trinajstić information content (AvgIpc) is 3.38. The third kappa shape index (κ3) is 57.7. The maximum absolute atomic E-state index is 12.9. The zero-order chi connectivity index (χ0) is 52.2. The van der Waals surface area contributed by atoms with Gasteiger partial charge in [0.15, 0.2) is 6.10 Å². The normalized spacial score (nSPS) is 12.5. The minimum atomic E-state index is -0.782. The van der Waals surface area contributed by atoms with Crippen LogP contribution in [0.4, 0.5) is 0 Å². The lowest BCUT2D eigenvalue weighted by Crippen LogP contribution is -2.30. The number of hydrogen-bond acceptors (Lipinski definition) is 6. The van der Waals surface area contributed by atoms with Gasteiger partial charge >= 0.3 is 17.9 Å². The zero-order valence-corrected chi connectivity index (χ0v) is 47.7. The van der Waals surface area contributed by atoms with Gasteiger partial charge in [0.25, 0.3) is 0 Å². The lowest BCUT2D eigenvalue weighted by Gasteiger charge is -2.18. The highest BCUT2D eigenvalue weighted by Gasteiger charge is 2.19. The van der Waals surface area contributed by atoms with Crippen molar-refractivity contribution in [3.8, 4) is 0 Å². The van der Waals surface area contributed by atoms with Crippen LogP contribution in [-0.4, -0.2) is 37.2 Å². The van der Waals surface area contributed by atoms with Crippen LogP contribution >= 0.6 is 0 Å². The topological polar surface area (TPSA) is 78.9 Å². The molecule has 6 heteroatoms. The summed E-state index contributed by atoms with van der Waals surface area (Å²) in [5.74, 6) is -0.882. The molecule has 0 spiro atoms.